The van der Waals surface area contributed by atoms with Crippen LogP contribution in [0.5, 0.6) is 5.75 Å². The number of pyridine rings is 1. The number of aromatic nitrogens is 2. The molecule has 2 aromatic heterocycles. The Morgan fingerprint density at radius 2 is 2.21 bits per heavy atom. The summed E-state index contributed by atoms with van der Waals surface area (Å²) in [5, 5.41) is 0. The monoisotopic (exact) mass is 342 g/mol. The molecule has 124 valence electrons. The van der Waals surface area contributed by atoms with Crippen molar-refractivity contribution in [2.24, 2.45) is 13.0 Å². The normalized spacial score (nSPS) is 14.2. The maximum absolute atomic E-state index is 12.2. The largest absolute Gasteiger partial charge is 0.493 e. The molecule has 1 saturated carbocycles. The molecule has 1 aliphatic rings. The molecule has 3 aromatic rings. The molecule has 0 atom stereocenters. The number of ether oxygens (including phenoxy) is 1. The second-order valence-electron chi connectivity index (χ2n) is 6.11. The summed E-state index contributed by atoms with van der Waals surface area (Å²) in [7, 11) is 1.73. The van der Waals surface area contributed by atoms with Gasteiger partial charge in [0.1, 0.15) is 5.75 Å². The van der Waals surface area contributed by atoms with E-state index in [1.54, 1.807) is 25.0 Å². The van der Waals surface area contributed by atoms with E-state index in [4.69, 9.17) is 9.15 Å². The summed E-state index contributed by atoms with van der Waals surface area (Å²) in [4.78, 5) is 17.4. The summed E-state index contributed by atoms with van der Waals surface area (Å²) < 4.78 is 13.1. The van der Waals surface area contributed by atoms with Gasteiger partial charge in [0.25, 0.3) is 5.56 Å². The molecule has 4 rings (SSSR count). The summed E-state index contributed by atoms with van der Waals surface area (Å²) in [5.74, 6) is 1.49. The molecular formula is C18H18N2O3S. The molecule has 0 amide bonds. The quantitative estimate of drug-likeness (QED) is 0.662. The number of rotatable bonds is 5. The number of fused-ring (bicyclic) bond motifs is 1. The SMILES string of the molecule is CSc1ccc(OCC2CC2)c(-c2cn(C)c(=O)c3ncoc23)c1. The zero-order valence-corrected chi connectivity index (χ0v) is 14.4. The number of oxazole rings is 1. The van der Waals surface area contributed by atoms with Crippen LogP contribution in [0.2, 0.25) is 0 Å². The summed E-state index contributed by atoms with van der Waals surface area (Å²) in [6, 6.07) is 6.13. The average Bonchev–Trinajstić information content (AvgIpc) is 3.30. The fourth-order valence-corrected chi connectivity index (χ4v) is 3.16. The second-order valence-corrected chi connectivity index (χ2v) is 6.99. The molecule has 0 aliphatic heterocycles. The third kappa shape index (κ3) is 2.71. The van der Waals surface area contributed by atoms with E-state index >= 15 is 0 Å². The van der Waals surface area contributed by atoms with Crippen LogP contribution in [-0.2, 0) is 7.05 Å². The maximum Gasteiger partial charge on any atom is 0.280 e. The van der Waals surface area contributed by atoms with Crippen LogP contribution in [0.25, 0.3) is 22.2 Å². The molecule has 1 aliphatic carbocycles. The van der Waals surface area contributed by atoms with Gasteiger partial charge in [0.05, 0.1) is 6.61 Å². The molecular weight excluding hydrogens is 324 g/mol. The summed E-state index contributed by atoms with van der Waals surface area (Å²) in [6.45, 7) is 0.733. The fraction of sp³-hybridized carbons (Fsp3) is 0.333. The Balaban J connectivity index is 1.89. The van der Waals surface area contributed by atoms with Gasteiger partial charge in [-0.05, 0) is 43.2 Å². The van der Waals surface area contributed by atoms with Gasteiger partial charge in [-0.2, -0.15) is 0 Å². The molecule has 0 N–H and O–H groups in total. The number of nitrogens with zero attached hydrogens (tertiary/aromatic N) is 2. The molecule has 0 spiro atoms. The zero-order chi connectivity index (χ0) is 16.7. The van der Waals surface area contributed by atoms with Crippen molar-refractivity contribution in [1.82, 2.24) is 9.55 Å². The lowest BCUT2D eigenvalue weighted by Gasteiger charge is -2.13. The highest BCUT2D eigenvalue weighted by molar-refractivity contribution is 7.98. The first-order chi connectivity index (χ1) is 11.7. The first-order valence-corrected chi connectivity index (χ1v) is 9.14. The first-order valence-electron chi connectivity index (χ1n) is 7.91. The molecule has 1 aromatic carbocycles. The fourth-order valence-electron chi connectivity index (χ4n) is 2.72. The van der Waals surface area contributed by atoms with Crippen LogP contribution in [0.3, 0.4) is 0 Å². The smallest absolute Gasteiger partial charge is 0.280 e. The number of thioether (sulfide) groups is 1. The van der Waals surface area contributed by atoms with Crippen LogP contribution in [0.15, 0.2) is 44.9 Å². The maximum atomic E-state index is 12.2. The predicted octanol–water partition coefficient (Wildman–Crippen LogP) is 3.70. The highest BCUT2D eigenvalue weighted by atomic mass is 32.2. The van der Waals surface area contributed by atoms with Crippen molar-refractivity contribution in [2.75, 3.05) is 12.9 Å². The minimum Gasteiger partial charge on any atom is -0.493 e. The standard InChI is InChI=1S/C18H18N2O3S/c1-20-8-14(17-16(18(20)21)19-10-23-17)13-7-12(24-2)5-6-15(13)22-9-11-3-4-11/h5-8,10-11H,3-4,9H2,1-2H3. The van der Waals surface area contributed by atoms with E-state index < -0.39 is 0 Å². The lowest BCUT2D eigenvalue weighted by atomic mass is 10.1. The van der Waals surface area contributed by atoms with Crippen LogP contribution in [0, 0.1) is 5.92 Å². The molecule has 24 heavy (non-hydrogen) atoms. The van der Waals surface area contributed by atoms with Crippen molar-refractivity contribution in [3.8, 4) is 16.9 Å². The molecule has 2 heterocycles. The van der Waals surface area contributed by atoms with Crippen LogP contribution in [-0.4, -0.2) is 22.4 Å². The summed E-state index contributed by atoms with van der Waals surface area (Å²) >= 11 is 1.67. The van der Waals surface area contributed by atoms with Gasteiger partial charge in [-0.1, -0.05) is 0 Å². The van der Waals surface area contributed by atoms with Crippen LogP contribution < -0.4 is 10.3 Å². The number of hydrogen-bond donors (Lipinski definition) is 0. The van der Waals surface area contributed by atoms with Gasteiger partial charge in [-0.15, -0.1) is 11.8 Å². The molecule has 0 saturated heterocycles. The topological polar surface area (TPSA) is 57.3 Å². The molecule has 6 heteroatoms. The number of benzene rings is 1. The summed E-state index contributed by atoms with van der Waals surface area (Å²) in [6.07, 6.45) is 7.63. The van der Waals surface area contributed by atoms with E-state index in [1.807, 2.05) is 12.3 Å². The van der Waals surface area contributed by atoms with E-state index in [-0.39, 0.29) is 5.56 Å². The Bertz CT molecular complexity index is 957. The Labute approximate surface area is 143 Å². The van der Waals surface area contributed by atoms with Gasteiger partial charge in [0, 0.05) is 29.3 Å². The van der Waals surface area contributed by atoms with E-state index in [0.29, 0.717) is 17.0 Å². The van der Waals surface area contributed by atoms with E-state index in [0.717, 1.165) is 28.4 Å². The second kappa shape index (κ2) is 6.02. The van der Waals surface area contributed by atoms with E-state index in [9.17, 15) is 4.79 Å². The van der Waals surface area contributed by atoms with Gasteiger partial charge in [0.2, 0.25) is 0 Å². The van der Waals surface area contributed by atoms with Crippen LogP contribution >= 0.6 is 11.8 Å². The lowest BCUT2D eigenvalue weighted by molar-refractivity contribution is 0.301. The third-order valence-corrected chi connectivity index (χ3v) is 5.03. The minimum atomic E-state index is -0.163. The van der Waals surface area contributed by atoms with Gasteiger partial charge in [-0.25, -0.2) is 4.98 Å². The third-order valence-electron chi connectivity index (χ3n) is 4.31. The molecule has 0 unspecified atom stereocenters. The lowest BCUT2D eigenvalue weighted by Crippen LogP contribution is -2.16. The Kier molecular flexibility index (Phi) is 3.84. The Morgan fingerprint density at radius 1 is 1.38 bits per heavy atom. The number of aryl methyl sites for hydroxylation is 1. The highest BCUT2D eigenvalue weighted by Crippen LogP contribution is 2.38. The van der Waals surface area contributed by atoms with Gasteiger partial charge in [-0.3, -0.25) is 4.79 Å². The van der Waals surface area contributed by atoms with Gasteiger partial charge in [0.15, 0.2) is 17.5 Å². The van der Waals surface area contributed by atoms with Crippen molar-refractivity contribution >= 4 is 22.9 Å². The minimum absolute atomic E-state index is 0.163. The molecule has 0 bridgehead atoms. The predicted molar refractivity (Wildman–Crippen MR) is 94.7 cm³/mol. The van der Waals surface area contributed by atoms with E-state index in [1.165, 1.54) is 23.8 Å². The van der Waals surface area contributed by atoms with Crippen LogP contribution in [0.1, 0.15) is 12.8 Å². The van der Waals surface area contributed by atoms with Crippen LogP contribution in [0.4, 0.5) is 0 Å². The Morgan fingerprint density at radius 3 is 2.96 bits per heavy atom. The molecule has 5 nitrogen and oxygen atoms in total. The molecule has 1 fully saturated rings. The van der Waals surface area contributed by atoms with Gasteiger partial charge >= 0.3 is 0 Å². The molecule has 0 radical (unpaired) electrons. The average molecular weight is 342 g/mol. The van der Waals surface area contributed by atoms with Crippen molar-refractivity contribution in [1.29, 1.82) is 0 Å². The van der Waals surface area contributed by atoms with Gasteiger partial charge < -0.3 is 13.7 Å². The van der Waals surface area contributed by atoms with Crippen molar-refractivity contribution in [3.63, 3.8) is 0 Å². The summed E-state index contributed by atoms with van der Waals surface area (Å²) in [5.41, 5.74) is 2.44. The van der Waals surface area contributed by atoms with Crippen molar-refractivity contribution < 1.29 is 9.15 Å². The first kappa shape index (κ1) is 15.3. The highest BCUT2D eigenvalue weighted by Gasteiger charge is 2.23. The van der Waals surface area contributed by atoms with Crippen molar-refractivity contribution in [2.45, 2.75) is 17.7 Å². The number of hydrogen-bond acceptors (Lipinski definition) is 5. The zero-order valence-electron chi connectivity index (χ0n) is 13.6. The van der Waals surface area contributed by atoms with Crippen molar-refractivity contribution in [3.05, 3.63) is 41.1 Å². The van der Waals surface area contributed by atoms with E-state index in [2.05, 4.69) is 17.1 Å². The Hall–Kier alpha value is -2.21.